The van der Waals surface area contributed by atoms with Gasteiger partial charge in [-0.15, -0.1) is 0 Å². The SMILES string of the molecule is CCC(C)N(Cc1ccc(OS(=O)(=O)CC)cc1)C(=O)Cc1ccccc1. The molecule has 2 rings (SSSR count). The van der Waals surface area contributed by atoms with Crippen molar-refractivity contribution in [1.82, 2.24) is 4.90 Å². The molecule has 27 heavy (non-hydrogen) atoms. The van der Waals surface area contributed by atoms with Gasteiger partial charge in [0.25, 0.3) is 0 Å². The number of carbonyl (C=O) groups is 1. The summed E-state index contributed by atoms with van der Waals surface area (Å²) < 4.78 is 28.1. The van der Waals surface area contributed by atoms with Crippen LogP contribution in [0.1, 0.15) is 38.3 Å². The molecule has 146 valence electrons. The zero-order valence-electron chi connectivity index (χ0n) is 16.1. The lowest BCUT2D eigenvalue weighted by molar-refractivity contribution is -0.133. The van der Waals surface area contributed by atoms with Gasteiger partial charge in [0.2, 0.25) is 5.91 Å². The lowest BCUT2D eigenvalue weighted by Crippen LogP contribution is -2.38. The predicted molar refractivity (Wildman–Crippen MR) is 107 cm³/mol. The first-order valence-corrected chi connectivity index (χ1v) is 10.8. The van der Waals surface area contributed by atoms with E-state index in [9.17, 15) is 13.2 Å². The molecule has 0 saturated heterocycles. The van der Waals surface area contributed by atoms with Crippen LogP contribution in [0, 0.1) is 0 Å². The molecule has 0 spiro atoms. The molecule has 1 atom stereocenters. The van der Waals surface area contributed by atoms with Crippen molar-refractivity contribution < 1.29 is 17.4 Å². The maximum atomic E-state index is 12.8. The summed E-state index contributed by atoms with van der Waals surface area (Å²) in [6.45, 7) is 6.10. The fraction of sp³-hybridized carbons (Fsp3) is 0.381. The lowest BCUT2D eigenvalue weighted by atomic mass is 10.1. The van der Waals surface area contributed by atoms with Gasteiger partial charge in [0.1, 0.15) is 5.75 Å². The van der Waals surface area contributed by atoms with Crippen LogP contribution in [0.15, 0.2) is 54.6 Å². The van der Waals surface area contributed by atoms with Crippen LogP contribution in [0.25, 0.3) is 0 Å². The first-order chi connectivity index (χ1) is 12.8. The third-order valence-corrected chi connectivity index (χ3v) is 5.65. The van der Waals surface area contributed by atoms with Gasteiger partial charge in [-0.3, -0.25) is 4.79 Å². The number of rotatable bonds is 9. The molecule has 0 N–H and O–H groups in total. The Hall–Kier alpha value is -2.34. The molecule has 5 nitrogen and oxygen atoms in total. The van der Waals surface area contributed by atoms with E-state index < -0.39 is 10.1 Å². The fourth-order valence-electron chi connectivity index (χ4n) is 2.63. The molecule has 0 aromatic heterocycles. The van der Waals surface area contributed by atoms with Crippen molar-refractivity contribution in [3.8, 4) is 5.75 Å². The number of hydrogen-bond donors (Lipinski definition) is 0. The largest absolute Gasteiger partial charge is 0.382 e. The quantitative estimate of drug-likeness (QED) is 0.612. The molecule has 0 saturated carbocycles. The van der Waals surface area contributed by atoms with Crippen LogP contribution < -0.4 is 4.18 Å². The van der Waals surface area contributed by atoms with Gasteiger partial charge in [-0.25, -0.2) is 0 Å². The van der Waals surface area contributed by atoms with E-state index in [-0.39, 0.29) is 23.5 Å². The Morgan fingerprint density at radius 3 is 2.19 bits per heavy atom. The summed E-state index contributed by atoms with van der Waals surface area (Å²) in [7, 11) is -3.54. The van der Waals surface area contributed by atoms with Crippen molar-refractivity contribution in [2.45, 2.75) is 46.2 Å². The molecule has 0 aliphatic heterocycles. The molecule has 0 aliphatic carbocycles. The van der Waals surface area contributed by atoms with E-state index in [0.29, 0.717) is 13.0 Å². The molecular formula is C21H27NO4S. The van der Waals surface area contributed by atoms with Crippen LogP contribution >= 0.6 is 0 Å². The maximum Gasteiger partial charge on any atom is 0.308 e. The number of benzene rings is 2. The van der Waals surface area contributed by atoms with Gasteiger partial charge in [-0.05, 0) is 43.5 Å². The van der Waals surface area contributed by atoms with Crippen LogP contribution in [0.3, 0.4) is 0 Å². The molecule has 0 heterocycles. The van der Waals surface area contributed by atoms with E-state index in [1.807, 2.05) is 42.2 Å². The van der Waals surface area contributed by atoms with Gasteiger partial charge in [0.05, 0.1) is 12.2 Å². The molecule has 0 radical (unpaired) electrons. The topological polar surface area (TPSA) is 63.7 Å². The van der Waals surface area contributed by atoms with Crippen LogP contribution in [0.4, 0.5) is 0 Å². The molecule has 2 aromatic rings. The Labute approximate surface area is 162 Å². The van der Waals surface area contributed by atoms with Gasteiger partial charge < -0.3 is 9.08 Å². The molecule has 1 amide bonds. The van der Waals surface area contributed by atoms with E-state index in [1.54, 1.807) is 24.3 Å². The highest BCUT2D eigenvalue weighted by molar-refractivity contribution is 7.87. The van der Waals surface area contributed by atoms with Crippen molar-refractivity contribution in [1.29, 1.82) is 0 Å². The van der Waals surface area contributed by atoms with Crippen molar-refractivity contribution in [2.75, 3.05) is 5.75 Å². The summed E-state index contributed by atoms with van der Waals surface area (Å²) in [4.78, 5) is 14.7. The Balaban J connectivity index is 2.10. The van der Waals surface area contributed by atoms with E-state index in [1.165, 1.54) is 6.92 Å². The highest BCUT2D eigenvalue weighted by Gasteiger charge is 2.19. The van der Waals surface area contributed by atoms with Crippen LogP contribution in [-0.2, 0) is 27.9 Å². The summed E-state index contributed by atoms with van der Waals surface area (Å²) in [5.41, 5.74) is 1.92. The molecule has 2 aromatic carbocycles. The van der Waals surface area contributed by atoms with Gasteiger partial charge in [0, 0.05) is 12.6 Å². The first-order valence-electron chi connectivity index (χ1n) is 9.19. The first kappa shape index (κ1) is 21.0. The smallest absolute Gasteiger partial charge is 0.308 e. The van der Waals surface area contributed by atoms with Gasteiger partial charge >= 0.3 is 10.1 Å². The summed E-state index contributed by atoms with van der Waals surface area (Å²) in [5, 5.41) is 0. The van der Waals surface area contributed by atoms with E-state index in [4.69, 9.17) is 4.18 Å². The Morgan fingerprint density at radius 2 is 1.63 bits per heavy atom. The van der Waals surface area contributed by atoms with E-state index in [0.717, 1.165) is 17.5 Å². The van der Waals surface area contributed by atoms with E-state index >= 15 is 0 Å². The van der Waals surface area contributed by atoms with E-state index in [2.05, 4.69) is 6.92 Å². The second-order valence-electron chi connectivity index (χ2n) is 6.51. The third-order valence-electron chi connectivity index (χ3n) is 4.49. The number of amides is 1. The molecular weight excluding hydrogens is 362 g/mol. The Bertz CT molecular complexity index is 832. The van der Waals surface area contributed by atoms with Gasteiger partial charge in [-0.2, -0.15) is 8.42 Å². The van der Waals surface area contributed by atoms with Crippen LogP contribution in [-0.4, -0.2) is 31.0 Å². The maximum absolute atomic E-state index is 12.8. The van der Waals surface area contributed by atoms with Gasteiger partial charge in [-0.1, -0.05) is 49.4 Å². The molecule has 1 unspecified atom stereocenters. The molecule has 0 aliphatic rings. The molecule has 0 fully saturated rings. The van der Waals surface area contributed by atoms with Gasteiger partial charge in [0.15, 0.2) is 0 Å². The van der Waals surface area contributed by atoms with Crippen LogP contribution in [0.2, 0.25) is 0 Å². The minimum absolute atomic E-state index is 0.0736. The fourth-order valence-corrected chi connectivity index (χ4v) is 3.16. The standard InChI is InChI=1S/C21H27NO4S/c1-4-17(3)22(21(23)15-18-9-7-6-8-10-18)16-19-11-13-20(14-12-19)26-27(24,25)5-2/h6-14,17H,4-5,15-16H2,1-3H3. The molecule has 6 heteroatoms. The normalized spacial score (nSPS) is 12.4. The summed E-state index contributed by atoms with van der Waals surface area (Å²) in [6, 6.07) is 16.6. The van der Waals surface area contributed by atoms with Crippen molar-refractivity contribution in [3.63, 3.8) is 0 Å². The minimum atomic E-state index is -3.54. The monoisotopic (exact) mass is 389 g/mol. The lowest BCUT2D eigenvalue weighted by Gasteiger charge is -2.29. The second-order valence-corrected chi connectivity index (χ2v) is 8.37. The number of carbonyl (C=O) groups excluding carboxylic acids is 1. The third kappa shape index (κ3) is 6.40. The zero-order valence-corrected chi connectivity index (χ0v) is 16.9. The highest BCUT2D eigenvalue weighted by atomic mass is 32.2. The second kappa shape index (κ2) is 9.55. The summed E-state index contributed by atoms with van der Waals surface area (Å²) in [6.07, 6.45) is 1.22. The highest BCUT2D eigenvalue weighted by Crippen LogP contribution is 2.18. The Kier molecular flexibility index (Phi) is 7.42. The van der Waals surface area contributed by atoms with Crippen molar-refractivity contribution in [2.24, 2.45) is 0 Å². The molecule has 0 bridgehead atoms. The summed E-state index contributed by atoms with van der Waals surface area (Å²) in [5.74, 6) is 0.278. The van der Waals surface area contributed by atoms with Crippen molar-refractivity contribution in [3.05, 3.63) is 65.7 Å². The Morgan fingerprint density at radius 1 is 1.00 bits per heavy atom. The minimum Gasteiger partial charge on any atom is -0.382 e. The van der Waals surface area contributed by atoms with Crippen LogP contribution in [0.5, 0.6) is 5.75 Å². The average molecular weight is 390 g/mol. The summed E-state index contributed by atoms with van der Waals surface area (Å²) >= 11 is 0. The average Bonchev–Trinajstić information content (AvgIpc) is 2.67. The van der Waals surface area contributed by atoms with Crippen molar-refractivity contribution >= 4 is 16.0 Å². The zero-order chi connectivity index (χ0) is 19.9. The predicted octanol–water partition coefficient (Wildman–Crippen LogP) is 3.78. The number of nitrogens with zero attached hydrogens (tertiary/aromatic N) is 1. The number of hydrogen-bond acceptors (Lipinski definition) is 4.